The molecule has 196 valence electrons. The van der Waals surface area contributed by atoms with Crippen LogP contribution in [0.2, 0.25) is 0 Å². The molecule has 1 unspecified atom stereocenters. The minimum absolute atomic E-state index is 0.178. The van der Waals surface area contributed by atoms with Crippen molar-refractivity contribution in [2.75, 3.05) is 19.8 Å². The second-order valence-corrected chi connectivity index (χ2v) is 11.7. The maximum Gasteiger partial charge on any atom is 0.311 e. The molecule has 0 aliphatic carbocycles. The van der Waals surface area contributed by atoms with Gasteiger partial charge >= 0.3 is 5.97 Å². The fraction of sp³-hybridized carbons (Fsp3) is 0.367. The Hall–Kier alpha value is -3.36. The van der Waals surface area contributed by atoms with Crippen molar-refractivity contribution in [3.8, 4) is 0 Å². The molecule has 0 radical (unpaired) electrons. The van der Waals surface area contributed by atoms with Gasteiger partial charge in [0.15, 0.2) is 0 Å². The van der Waals surface area contributed by atoms with Gasteiger partial charge in [0.2, 0.25) is 11.8 Å². The highest BCUT2D eigenvalue weighted by molar-refractivity contribution is 8.02. The molecule has 4 aliphatic heterocycles. The standard InChI is InChI=1S/C30H30N2O5S/c33-19-22(21-12-5-2-6-13-21)32-26-28(35)31(18-20-10-3-1-4-11-20)16-9-15-30(26)25(27(32)34)24-23(38-30)14-7-8-17-37-29(24)36/h1-7,9-15,22-26,33H,8,16-19H2/t22-,23+,24-,25+,26?,30+/m1/s1. The lowest BCUT2D eigenvalue weighted by atomic mass is 9.78. The topological polar surface area (TPSA) is 87.2 Å². The largest absolute Gasteiger partial charge is 0.465 e. The van der Waals surface area contributed by atoms with E-state index in [1.54, 1.807) is 9.80 Å². The third-order valence-corrected chi connectivity index (χ3v) is 9.80. The van der Waals surface area contributed by atoms with Gasteiger partial charge in [0, 0.05) is 18.3 Å². The number of likely N-dealkylation sites (tertiary alicyclic amines) is 1. The van der Waals surface area contributed by atoms with E-state index in [0.29, 0.717) is 19.5 Å². The number of thioether (sulfide) groups is 1. The van der Waals surface area contributed by atoms with Crippen LogP contribution in [0, 0.1) is 11.8 Å². The van der Waals surface area contributed by atoms with Gasteiger partial charge in [-0.3, -0.25) is 14.4 Å². The fourth-order valence-electron chi connectivity index (χ4n) is 6.40. The van der Waals surface area contributed by atoms with Crippen LogP contribution in [0.1, 0.15) is 23.6 Å². The van der Waals surface area contributed by atoms with E-state index in [9.17, 15) is 19.5 Å². The summed E-state index contributed by atoms with van der Waals surface area (Å²) in [7, 11) is 0. The van der Waals surface area contributed by atoms with Gasteiger partial charge in [0.05, 0.1) is 35.8 Å². The minimum atomic E-state index is -0.954. The van der Waals surface area contributed by atoms with Crippen molar-refractivity contribution < 1.29 is 24.2 Å². The SMILES string of the molecule is O=C1OCCC=C[C@@H]2S[C@]34C=CCN(Cc5ccccc5)C(=O)C3N([C@H](CO)c3ccccc3)C(=O)[C@@H]4[C@H]12. The molecule has 2 aromatic carbocycles. The number of amides is 2. The Morgan fingerprint density at radius 1 is 1.00 bits per heavy atom. The molecular formula is C30H30N2O5S. The van der Waals surface area contributed by atoms with E-state index in [2.05, 4.69) is 0 Å². The van der Waals surface area contributed by atoms with E-state index >= 15 is 0 Å². The molecule has 4 aliphatic rings. The normalized spacial score (nSPS) is 31.1. The van der Waals surface area contributed by atoms with Crippen molar-refractivity contribution >= 4 is 29.5 Å². The third kappa shape index (κ3) is 3.98. The van der Waals surface area contributed by atoms with Crippen LogP contribution in [0.3, 0.4) is 0 Å². The molecule has 2 fully saturated rings. The number of ether oxygens (including phenoxy) is 1. The number of fused-ring (bicyclic) bond motifs is 2. The summed E-state index contributed by atoms with van der Waals surface area (Å²) in [4.78, 5) is 45.5. The molecule has 38 heavy (non-hydrogen) atoms. The lowest BCUT2D eigenvalue weighted by molar-refractivity contribution is -0.153. The molecule has 1 N–H and O–H groups in total. The molecule has 1 spiro atoms. The van der Waals surface area contributed by atoms with Gasteiger partial charge in [-0.2, -0.15) is 0 Å². The van der Waals surface area contributed by atoms with E-state index in [1.165, 1.54) is 11.8 Å². The van der Waals surface area contributed by atoms with Crippen molar-refractivity contribution in [1.82, 2.24) is 9.80 Å². The number of carbonyl (C=O) groups excluding carboxylic acids is 3. The monoisotopic (exact) mass is 530 g/mol. The lowest BCUT2D eigenvalue weighted by Crippen LogP contribution is -2.54. The van der Waals surface area contributed by atoms with Crippen LogP contribution in [0.5, 0.6) is 0 Å². The highest BCUT2D eigenvalue weighted by Gasteiger charge is 2.71. The summed E-state index contributed by atoms with van der Waals surface area (Å²) < 4.78 is 4.60. The van der Waals surface area contributed by atoms with Crippen molar-refractivity contribution in [2.24, 2.45) is 11.8 Å². The van der Waals surface area contributed by atoms with E-state index in [0.717, 1.165) is 11.1 Å². The van der Waals surface area contributed by atoms with E-state index in [-0.39, 0.29) is 30.3 Å². The van der Waals surface area contributed by atoms with Crippen LogP contribution in [-0.2, 0) is 25.7 Å². The molecule has 4 heterocycles. The molecule has 2 amide bonds. The first-order valence-corrected chi connectivity index (χ1v) is 13.9. The minimum Gasteiger partial charge on any atom is -0.465 e. The van der Waals surface area contributed by atoms with E-state index < -0.39 is 34.6 Å². The van der Waals surface area contributed by atoms with Crippen LogP contribution in [-0.4, -0.2) is 68.5 Å². The number of benzene rings is 2. The molecule has 7 nitrogen and oxygen atoms in total. The van der Waals surface area contributed by atoms with Gasteiger partial charge in [0.25, 0.3) is 0 Å². The van der Waals surface area contributed by atoms with Gasteiger partial charge in [-0.15, -0.1) is 11.8 Å². The van der Waals surface area contributed by atoms with Crippen LogP contribution in [0.25, 0.3) is 0 Å². The fourth-order valence-corrected chi connectivity index (χ4v) is 8.39. The number of aliphatic hydroxyl groups is 1. The Morgan fingerprint density at radius 3 is 2.47 bits per heavy atom. The van der Waals surface area contributed by atoms with Crippen molar-refractivity contribution in [2.45, 2.75) is 35.0 Å². The Balaban J connectivity index is 1.47. The smallest absolute Gasteiger partial charge is 0.311 e. The van der Waals surface area contributed by atoms with Gasteiger partial charge in [-0.25, -0.2) is 0 Å². The predicted octanol–water partition coefficient (Wildman–Crippen LogP) is 3.12. The first-order chi connectivity index (χ1) is 18.5. The molecule has 8 heteroatoms. The maximum atomic E-state index is 14.5. The van der Waals surface area contributed by atoms with Crippen molar-refractivity contribution in [1.29, 1.82) is 0 Å². The zero-order valence-corrected chi connectivity index (χ0v) is 21.7. The highest BCUT2D eigenvalue weighted by atomic mass is 32.2. The zero-order valence-electron chi connectivity index (χ0n) is 20.9. The number of aliphatic hydroxyl groups excluding tert-OH is 1. The zero-order chi connectivity index (χ0) is 26.3. The number of carbonyl (C=O) groups is 3. The summed E-state index contributed by atoms with van der Waals surface area (Å²) in [6.07, 6.45) is 8.57. The highest BCUT2D eigenvalue weighted by Crippen LogP contribution is 2.62. The first-order valence-electron chi connectivity index (χ1n) is 13.0. The molecule has 0 aromatic heterocycles. The molecule has 2 saturated heterocycles. The van der Waals surface area contributed by atoms with Crippen LogP contribution in [0.4, 0.5) is 0 Å². The number of nitrogens with zero attached hydrogens (tertiary/aromatic N) is 2. The van der Waals surface area contributed by atoms with Gasteiger partial charge in [-0.05, 0) is 17.5 Å². The molecule has 0 bridgehead atoms. The molecule has 6 atom stereocenters. The Bertz CT molecular complexity index is 1280. The summed E-state index contributed by atoms with van der Waals surface area (Å²) in [5.41, 5.74) is 1.74. The van der Waals surface area contributed by atoms with Gasteiger partial charge < -0.3 is 19.6 Å². The third-order valence-electron chi connectivity index (χ3n) is 8.05. The Labute approximate surface area is 226 Å². The molecule has 0 saturated carbocycles. The molecule has 2 aromatic rings. The second-order valence-electron chi connectivity index (χ2n) is 10.2. The quantitative estimate of drug-likeness (QED) is 0.472. The number of hydrogen-bond donors (Lipinski definition) is 1. The van der Waals surface area contributed by atoms with Gasteiger partial charge in [0.1, 0.15) is 6.04 Å². The van der Waals surface area contributed by atoms with Gasteiger partial charge in [-0.1, -0.05) is 85.0 Å². The van der Waals surface area contributed by atoms with Crippen molar-refractivity contribution in [3.63, 3.8) is 0 Å². The van der Waals surface area contributed by atoms with E-state index in [1.807, 2.05) is 85.0 Å². The summed E-state index contributed by atoms with van der Waals surface area (Å²) >= 11 is 1.51. The molecule has 6 rings (SSSR count). The molecular weight excluding hydrogens is 500 g/mol. The Kier molecular flexibility index (Phi) is 6.61. The van der Waals surface area contributed by atoms with Crippen LogP contribution in [0.15, 0.2) is 85.0 Å². The van der Waals surface area contributed by atoms with Crippen molar-refractivity contribution in [3.05, 3.63) is 96.1 Å². The number of hydrogen-bond acceptors (Lipinski definition) is 6. The second kappa shape index (κ2) is 10.1. The summed E-state index contributed by atoms with van der Waals surface area (Å²) in [5, 5.41) is 10.3. The summed E-state index contributed by atoms with van der Waals surface area (Å²) in [5.74, 6) is -2.34. The average molecular weight is 531 g/mol. The van der Waals surface area contributed by atoms with Crippen LogP contribution < -0.4 is 0 Å². The van der Waals surface area contributed by atoms with E-state index in [4.69, 9.17) is 4.74 Å². The number of cyclic esters (lactones) is 1. The summed E-state index contributed by atoms with van der Waals surface area (Å²) in [6.45, 7) is 0.727. The lowest BCUT2D eigenvalue weighted by Gasteiger charge is -2.38. The summed E-state index contributed by atoms with van der Waals surface area (Å²) in [6, 6.07) is 17.5. The maximum absolute atomic E-state index is 14.5. The number of rotatable bonds is 5. The van der Waals surface area contributed by atoms with Crippen LogP contribution >= 0.6 is 11.8 Å². The number of esters is 1. The average Bonchev–Trinajstić information content (AvgIpc) is 3.31. The first kappa shape index (κ1) is 24.9. The predicted molar refractivity (Wildman–Crippen MR) is 144 cm³/mol. The Morgan fingerprint density at radius 2 is 1.74 bits per heavy atom.